The standard InChI is InChI=1S/C23H33N3O/c1-5-24-16-20-11-13-25(14-12-20)23(27)22-15-17(2)26(19(22)4)18(3)21-9-7-6-8-10-21/h6-10,15,18,20,24H,5,11-14,16H2,1-4H3. The van der Waals surface area contributed by atoms with Crippen molar-refractivity contribution in [3.05, 3.63) is 58.9 Å². The van der Waals surface area contributed by atoms with E-state index < -0.39 is 0 Å². The molecule has 1 N–H and O–H groups in total. The molecule has 1 fully saturated rings. The van der Waals surface area contributed by atoms with Crippen LogP contribution in [0.25, 0.3) is 0 Å². The SMILES string of the molecule is CCNCC1CCN(C(=O)c2cc(C)n(C(C)c3ccccc3)c2C)CC1. The molecule has 1 aliphatic heterocycles. The summed E-state index contributed by atoms with van der Waals surface area (Å²) in [6.07, 6.45) is 2.19. The zero-order valence-corrected chi connectivity index (χ0v) is 17.2. The molecule has 1 aromatic heterocycles. The average molecular weight is 368 g/mol. The van der Waals surface area contributed by atoms with Crippen LogP contribution in [-0.4, -0.2) is 41.6 Å². The lowest BCUT2D eigenvalue weighted by molar-refractivity contribution is 0.0689. The van der Waals surface area contributed by atoms with E-state index in [4.69, 9.17) is 0 Å². The Morgan fingerprint density at radius 1 is 1.19 bits per heavy atom. The molecule has 1 aliphatic rings. The van der Waals surface area contributed by atoms with Crippen LogP contribution >= 0.6 is 0 Å². The topological polar surface area (TPSA) is 37.3 Å². The fourth-order valence-corrected chi connectivity index (χ4v) is 4.33. The van der Waals surface area contributed by atoms with Crippen LogP contribution in [0.5, 0.6) is 0 Å². The molecule has 0 saturated carbocycles. The van der Waals surface area contributed by atoms with Crippen LogP contribution in [0.1, 0.15) is 60.0 Å². The van der Waals surface area contributed by atoms with Crippen LogP contribution in [-0.2, 0) is 0 Å². The number of hydrogen-bond acceptors (Lipinski definition) is 2. The summed E-state index contributed by atoms with van der Waals surface area (Å²) in [7, 11) is 0. The Bertz CT molecular complexity index is 757. The maximum Gasteiger partial charge on any atom is 0.255 e. The third-order valence-electron chi connectivity index (χ3n) is 5.97. The number of hydrogen-bond donors (Lipinski definition) is 1. The van der Waals surface area contributed by atoms with Crippen molar-refractivity contribution in [2.24, 2.45) is 5.92 Å². The smallest absolute Gasteiger partial charge is 0.255 e. The highest BCUT2D eigenvalue weighted by molar-refractivity contribution is 5.95. The van der Waals surface area contributed by atoms with E-state index in [9.17, 15) is 4.79 Å². The number of aromatic nitrogens is 1. The quantitative estimate of drug-likeness (QED) is 0.832. The number of piperidine rings is 1. The van der Waals surface area contributed by atoms with Crippen LogP contribution in [0, 0.1) is 19.8 Å². The van der Waals surface area contributed by atoms with Gasteiger partial charge in [0.05, 0.1) is 11.6 Å². The molecule has 27 heavy (non-hydrogen) atoms. The third-order valence-corrected chi connectivity index (χ3v) is 5.97. The molecule has 0 spiro atoms. The van der Waals surface area contributed by atoms with Crippen molar-refractivity contribution in [1.29, 1.82) is 0 Å². The minimum absolute atomic E-state index is 0.191. The first-order valence-electron chi connectivity index (χ1n) is 10.3. The molecule has 0 aliphatic carbocycles. The first-order valence-corrected chi connectivity index (χ1v) is 10.3. The normalized spacial score (nSPS) is 16.5. The van der Waals surface area contributed by atoms with E-state index in [1.165, 1.54) is 5.56 Å². The zero-order chi connectivity index (χ0) is 19.4. The van der Waals surface area contributed by atoms with E-state index in [1.807, 2.05) is 11.0 Å². The predicted molar refractivity (Wildman–Crippen MR) is 111 cm³/mol. The van der Waals surface area contributed by atoms with Crippen LogP contribution < -0.4 is 5.32 Å². The van der Waals surface area contributed by atoms with Gasteiger partial charge in [-0.05, 0) is 64.3 Å². The molecule has 4 nitrogen and oxygen atoms in total. The summed E-state index contributed by atoms with van der Waals surface area (Å²) >= 11 is 0. The number of nitrogens with one attached hydrogen (secondary N) is 1. The Labute approximate surface area is 163 Å². The van der Waals surface area contributed by atoms with Gasteiger partial charge < -0.3 is 14.8 Å². The minimum atomic E-state index is 0.191. The second-order valence-electron chi connectivity index (χ2n) is 7.78. The summed E-state index contributed by atoms with van der Waals surface area (Å²) in [6, 6.07) is 12.8. The van der Waals surface area contributed by atoms with Crippen molar-refractivity contribution in [2.45, 2.75) is 46.6 Å². The van der Waals surface area contributed by atoms with Gasteiger partial charge in [0.1, 0.15) is 0 Å². The van der Waals surface area contributed by atoms with Gasteiger partial charge in [0.2, 0.25) is 0 Å². The largest absolute Gasteiger partial charge is 0.341 e. The fourth-order valence-electron chi connectivity index (χ4n) is 4.33. The minimum Gasteiger partial charge on any atom is -0.341 e. The maximum atomic E-state index is 13.2. The Kier molecular flexibility index (Phi) is 6.38. The van der Waals surface area contributed by atoms with Crippen molar-refractivity contribution in [2.75, 3.05) is 26.2 Å². The second kappa shape index (κ2) is 8.75. The number of rotatable bonds is 6. The molecule has 146 valence electrons. The van der Waals surface area contributed by atoms with E-state index in [2.05, 4.69) is 67.9 Å². The predicted octanol–water partition coefficient (Wildman–Crippen LogP) is 4.18. The molecule has 2 heterocycles. The molecule has 1 saturated heterocycles. The van der Waals surface area contributed by atoms with Crippen molar-refractivity contribution >= 4 is 5.91 Å². The van der Waals surface area contributed by atoms with Gasteiger partial charge >= 0.3 is 0 Å². The number of amides is 1. The molecule has 1 aromatic carbocycles. The van der Waals surface area contributed by atoms with Crippen molar-refractivity contribution in [3.8, 4) is 0 Å². The fraction of sp³-hybridized carbons (Fsp3) is 0.522. The van der Waals surface area contributed by atoms with Gasteiger partial charge in [0, 0.05) is 24.5 Å². The summed E-state index contributed by atoms with van der Waals surface area (Å²) in [5, 5.41) is 3.43. The number of carbonyl (C=O) groups is 1. The van der Waals surface area contributed by atoms with E-state index in [1.54, 1.807) is 0 Å². The zero-order valence-electron chi connectivity index (χ0n) is 17.2. The van der Waals surface area contributed by atoms with Gasteiger partial charge in [-0.15, -0.1) is 0 Å². The van der Waals surface area contributed by atoms with Crippen molar-refractivity contribution in [1.82, 2.24) is 14.8 Å². The Morgan fingerprint density at radius 3 is 2.48 bits per heavy atom. The van der Waals surface area contributed by atoms with Crippen LogP contribution in [0.2, 0.25) is 0 Å². The van der Waals surface area contributed by atoms with Gasteiger partial charge in [-0.2, -0.15) is 0 Å². The first-order chi connectivity index (χ1) is 13.0. The summed E-state index contributed by atoms with van der Waals surface area (Å²) in [6.45, 7) is 12.4. The molecular formula is C23H33N3O. The molecule has 0 radical (unpaired) electrons. The van der Waals surface area contributed by atoms with Crippen molar-refractivity contribution in [3.63, 3.8) is 0 Å². The molecule has 3 rings (SSSR count). The monoisotopic (exact) mass is 367 g/mol. The number of aryl methyl sites for hydroxylation is 1. The highest BCUT2D eigenvalue weighted by Gasteiger charge is 2.27. The summed E-state index contributed by atoms with van der Waals surface area (Å²) < 4.78 is 2.29. The first kappa shape index (κ1) is 19.7. The van der Waals surface area contributed by atoms with E-state index in [-0.39, 0.29) is 11.9 Å². The van der Waals surface area contributed by atoms with E-state index >= 15 is 0 Å². The lowest BCUT2D eigenvalue weighted by Gasteiger charge is -2.32. The van der Waals surface area contributed by atoms with Gasteiger partial charge in [-0.1, -0.05) is 37.3 Å². The molecule has 0 bridgehead atoms. The van der Waals surface area contributed by atoms with Gasteiger partial charge in [-0.3, -0.25) is 4.79 Å². The third kappa shape index (κ3) is 4.27. The molecule has 1 amide bonds. The van der Waals surface area contributed by atoms with Gasteiger partial charge in [0.25, 0.3) is 5.91 Å². The van der Waals surface area contributed by atoms with Crippen molar-refractivity contribution < 1.29 is 4.79 Å². The lowest BCUT2D eigenvalue weighted by atomic mass is 9.96. The number of nitrogens with zero attached hydrogens (tertiary/aromatic N) is 2. The van der Waals surface area contributed by atoms with Gasteiger partial charge in [-0.25, -0.2) is 0 Å². The van der Waals surface area contributed by atoms with Gasteiger partial charge in [0.15, 0.2) is 0 Å². The van der Waals surface area contributed by atoms with E-state index in [0.717, 1.165) is 56.0 Å². The molecule has 1 atom stereocenters. The number of carbonyl (C=O) groups excluding carboxylic acids is 1. The molecule has 2 aromatic rings. The highest BCUT2D eigenvalue weighted by Crippen LogP contribution is 2.27. The molecule has 4 heteroatoms. The van der Waals surface area contributed by atoms with Crippen LogP contribution in [0.15, 0.2) is 36.4 Å². The number of benzene rings is 1. The Morgan fingerprint density at radius 2 is 1.85 bits per heavy atom. The highest BCUT2D eigenvalue weighted by atomic mass is 16.2. The summed E-state index contributed by atoms with van der Waals surface area (Å²) in [5.41, 5.74) is 4.35. The van der Waals surface area contributed by atoms with Crippen LogP contribution in [0.4, 0.5) is 0 Å². The summed E-state index contributed by atoms with van der Waals surface area (Å²) in [4.78, 5) is 15.2. The number of likely N-dealkylation sites (tertiary alicyclic amines) is 1. The Balaban J connectivity index is 1.74. The van der Waals surface area contributed by atoms with E-state index in [0.29, 0.717) is 5.92 Å². The molecular weight excluding hydrogens is 334 g/mol. The maximum absolute atomic E-state index is 13.2. The second-order valence-corrected chi connectivity index (χ2v) is 7.78. The van der Waals surface area contributed by atoms with Crippen LogP contribution in [0.3, 0.4) is 0 Å². The summed E-state index contributed by atoms with van der Waals surface area (Å²) in [5.74, 6) is 0.885. The average Bonchev–Trinajstić information content (AvgIpc) is 3.00. The lowest BCUT2D eigenvalue weighted by Crippen LogP contribution is -2.40. The molecule has 1 unspecified atom stereocenters. The Hall–Kier alpha value is -2.07.